The van der Waals surface area contributed by atoms with Gasteiger partial charge in [-0.2, -0.15) is 0 Å². The van der Waals surface area contributed by atoms with Gasteiger partial charge in [0.1, 0.15) is 0 Å². The van der Waals surface area contributed by atoms with E-state index in [0.29, 0.717) is 18.7 Å². The van der Waals surface area contributed by atoms with Crippen molar-refractivity contribution in [3.05, 3.63) is 35.4 Å². The summed E-state index contributed by atoms with van der Waals surface area (Å²) in [6, 6.07) is 7.63. The molecule has 0 spiro atoms. The van der Waals surface area contributed by atoms with Crippen LogP contribution in [0, 0.1) is 5.41 Å². The Balaban J connectivity index is 0.00000450. The molecule has 1 aliphatic carbocycles. The summed E-state index contributed by atoms with van der Waals surface area (Å²) in [5.74, 6) is 0.829. The average Bonchev–Trinajstić information content (AvgIpc) is 3.21. The summed E-state index contributed by atoms with van der Waals surface area (Å²) in [4.78, 5) is 31.0. The van der Waals surface area contributed by atoms with Crippen molar-refractivity contribution in [3.8, 4) is 0 Å². The zero-order chi connectivity index (χ0) is 21.3. The Labute approximate surface area is 197 Å². The molecule has 1 saturated carbocycles. The van der Waals surface area contributed by atoms with Crippen LogP contribution in [-0.4, -0.2) is 63.5 Å². The third-order valence-corrected chi connectivity index (χ3v) is 5.43. The summed E-state index contributed by atoms with van der Waals surface area (Å²) in [6.45, 7) is 3.98. The summed E-state index contributed by atoms with van der Waals surface area (Å²) in [6.07, 6.45) is 4.75. The molecular weight excluding hydrogens is 493 g/mol. The Kier molecular flexibility index (Phi) is 11.1. The molecule has 8 heteroatoms. The number of carbonyl (C=O) groups is 2. The minimum Gasteiger partial charge on any atom is -0.357 e. The van der Waals surface area contributed by atoms with Crippen LogP contribution in [0.1, 0.15) is 48.5 Å². The van der Waals surface area contributed by atoms with Crippen LogP contribution in [0.15, 0.2) is 29.3 Å². The summed E-state index contributed by atoms with van der Waals surface area (Å²) in [5, 5.41) is 9.27. The smallest absolute Gasteiger partial charge is 0.251 e. The highest BCUT2D eigenvalue weighted by Gasteiger charge is 2.42. The first-order valence-electron chi connectivity index (χ1n) is 10.5. The van der Waals surface area contributed by atoms with Gasteiger partial charge in [0.25, 0.3) is 5.91 Å². The largest absolute Gasteiger partial charge is 0.357 e. The number of hydrogen-bond acceptors (Lipinski definition) is 3. The van der Waals surface area contributed by atoms with E-state index in [1.807, 2.05) is 45.3 Å². The molecule has 0 radical (unpaired) electrons. The van der Waals surface area contributed by atoms with E-state index in [4.69, 9.17) is 4.99 Å². The van der Waals surface area contributed by atoms with Gasteiger partial charge in [-0.25, -0.2) is 0 Å². The molecule has 2 amide bonds. The maximum Gasteiger partial charge on any atom is 0.251 e. The van der Waals surface area contributed by atoms with Crippen LogP contribution >= 0.6 is 24.0 Å². The SMILES string of the molecule is CCNC(=NCC1(C(=O)N(C)C)CCCC1)NCCc1cccc(C(=O)NC)c1.I. The van der Waals surface area contributed by atoms with Gasteiger partial charge in [-0.15, -0.1) is 24.0 Å². The number of benzene rings is 1. The Morgan fingerprint density at radius 3 is 2.47 bits per heavy atom. The van der Waals surface area contributed by atoms with Crippen molar-refractivity contribution < 1.29 is 9.59 Å². The molecule has 0 aliphatic heterocycles. The fourth-order valence-electron chi connectivity index (χ4n) is 3.88. The van der Waals surface area contributed by atoms with Gasteiger partial charge in [0, 0.05) is 39.8 Å². The van der Waals surface area contributed by atoms with Gasteiger partial charge in [0.15, 0.2) is 5.96 Å². The minimum atomic E-state index is -0.367. The van der Waals surface area contributed by atoms with Gasteiger partial charge in [-0.05, 0) is 43.9 Å². The second-order valence-electron chi connectivity index (χ2n) is 7.84. The van der Waals surface area contributed by atoms with Crippen LogP contribution in [0.3, 0.4) is 0 Å². The Morgan fingerprint density at radius 1 is 1.17 bits per heavy atom. The molecule has 1 fully saturated rings. The van der Waals surface area contributed by atoms with Crippen molar-refractivity contribution in [2.24, 2.45) is 10.4 Å². The summed E-state index contributed by atoms with van der Waals surface area (Å²) in [5.41, 5.74) is 1.38. The molecule has 1 aliphatic rings. The lowest BCUT2D eigenvalue weighted by atomic mass is 9.85. The number of rotatable bonds is 8. The van der Waals surface area contributed by atoms with E-state index < -0.39 is 0 Å². The number of nitrogens with one attached hydrogen (secondary N) is 3. The van der Waals surface area contributed by atoms with E-state index in [9.17, 15) is 9.59 Å². The Bertz CT molecular complexity index is 730. The van der Waals surface area contributed by atoms with Gasteiger partial charge in [-0.1, -0.05) is 25.0 Å². The zero-order valence-electron chi connectivity index (χ0n) is 18.6. The first kappa shape index (κ1) is 26.2. The van der Waals surface area contributed by atoms with Gasteiger partial charge in [0.2, 0.25) is 5.91 Å². The van der Waals surface area contributed by atoms with Crippen LogP contribution < -0.4 is 16.0 Å². The van der Waals surface area contributed by atoms with Crippen molar-refractivity contribution in [1.29, 1.82) is 0 Å². The van der Waals surface area contributed by atoms with Crippen molar-refractivity contribution in [2.75, 3.05) is 40.8 Å². The number of hydrogen-bond donors (Lipinski definition) is 3. The van der Waals surface area contributed by atoms with E-state index >= 15 is 0 Å². The molecule has 0 bridgehead atoms. The van der Waals surface area contributed by atoms with Gasteiger partial charge < -0.3 is 20.9 Å². The molecule has 0 unspecified atom stereocenters. The molecule has 0 aromatic heterocycles. The highest BCUT2D eigenvalue weighted by molar-refractivity contribution is 14.0. The number of guanidine groups is 1. The van der Waals surface area contributed by atoms with Crippen molar-refractivity contribution in [1.82, 2.24) is 20.9 Å². The van der Waals surface area contributed by atoms with Crippen LogP contribution in [0.25, 0.3) is 0 Å². The van der Waals surface area contributed by atoms with Gasteiger partial charge >= 0.3 is 0 Å². The number of nitrogens with zero attached hydrogens (tertiary/aromatic N) is 2. The lowest BCUT2D eigenvalue weighted by molar-refractivity contribution is -0.138. The highest BCUT2D eigenvalue weighted by atomic mass is 127. The molecule has 0 atom stereocenters. The summed E-state index contributed by atoms with van der Waals surface area (Å²) >= 11 is 0. The third kappa shape index (κ3) is 7.14. The highest BCUT2D eigenvalue weighted by Crippen LogP contribution is 2.39. The monoisotopic (exact) mass is 529 g/mol. The van der Waals surface area contributed by atoms with E-state index in [-0.39, 0.29) is 41.2 Å². The number of carbonyl (C=O) groups excluding carboxylic acids is 2. The average molecular weight is 529 g/mol. The predicted octanol–water partition coefficient (Wildman–Crippen LogP) is 2.41. The molecule has 0 saturated heterocycles. The maximum atomic E-state index is 12.7. The fourth-order valence-corrected chi connectivity index (χ4v) is 3.88. The normalized spacial score (nSPS) is 15.1. The second kappa shape index (κ2) is 12.8. The summed E-state index contributed by atoms with van der Waals surface area (Å²) in [7, 11) is 5.28. The Morgan fingerprint density at radius 2 is 1.87 bits per heavy atom. The predicted molar refractivity (Wildman–Crippen MR) is 133 cm³/mol. The number of aliphatic imine (C=N–C) groups is 1. The maximum absolute atomic E-state index is 12.7. The quantitative estimate of drug-likeness (QED) is 0.275. The molecule has 0 heterocycles. The minimum absolute atomic E-state index is 0. The van der Waals surface area contributed by atoms with Gasteiger partial charge in [-0.3, -0.25) is 14.6 Å². The van der Waals surface area contributed by atoms with Crippen molar-refractivity contribution in [2.45, 2.75) is 39.0 Å². The van der Waals surface area contributed by atoms with E-state index in [0.717, 1.165) is 50.2 Å². The first-order chi connectivity index (χ1) is 13.9. The Hall–Kier alpha value is -1.84. The van der Waals surface area contributed by atoms with E-state index in [1.165, 1.54) is 0 Å². The lowest BCUT2D eigenvalue weighted by Crippen LogP contribution is -2.43. The number of halogens is 1. The molecule has 168 valence electrons. The molecule has 1 aromatic carbocycles. The standard InChI is InChI=1S/C22H35N5O2.HI/c1-5-24-21(26-16-22(12-6-7-13-22)20(29)27(3)4)25-14-11-17-9-8-10-18(15-17)19(28)23-2;/h8-10,15H,5-7,11-14,16H2,1-4H3,(H,23,28)(H2,24,25,26);1H. The fraction of sp³-hybridized carbons (Fsp3) is 0.591. The molecule has 3 N–H and O–H groups in total. The summed E-state index contributed by atoms with van der Waals surface area (Å²) < 4.78 is 0. The van der Waals surface area contributed by atoms with Crippen LogP contribution in [0.5, 0.6) is 0 Å². The number of amides is 2. The molecule has 1 aromatic rings. The molecular formula is C22H36IN5O2. The van der Waals surface area contributed by atoms with Crippen molar-refractivity contribution >= 4 is 41.8 Å². The van der Waals surface area contributed by atoms with Crippen molar-refractivity contribution in [3.63, 3.8) is 0 Å². The second-order valence-corrected chi connectivity index (χ2v) is 7.84. The topological polar surface area (TPSA) is 85.8 Å². The van der Waals surface area contributed by atoms with E-state index in [1.54, 1.807) is 11.9 Å². The van der Waals surface area contributed by atoms with Crippen LogP contribution in [-0.2, 0) is 11.2 Å². The third-order valence-electron chi connectivity index (χ3n) is 5.43. The van der Waals surface area contributed by atoms with Crippen LogP contribution in [0.4, 0.5) is 0 Å². The van der Waals surface area contributed by atoms with E-state index in [2.05, 4.69) is 16.0 Å². The molecule has 30 heavy (non-hydrogen) atoms. The molecule has 2 rings (SSSR count). The lowest BCUT2D eigenvalue weighted by Gasteiger charge is -2.29. The molecule has 7 nitrogen and oxygen atoms in total. The van der Waals surface area contributed by atoms with Crippen LogP contribution in [0.2, 0.25) is 0 Å². The zero-order valence-corrected chi connectivity index (χ0v) is 20.9. The van der Waals surface area contributed by atoms with Gasteiger partial charge in [0.05, 0.1) is 12.0 Å². The first-order valence-corrected chi connectivity index (χ1v) is 10.5.